The van der Waals surface area contributed by atoms with Gasteiger partial charge < -0.3 is 9.84 Å². The number of hydrogen-bond acceptors (Lipinski definition) is 7. The van der Waals surface area contributed by atoms with Crippen LogP contribution in [0, 0.1) is 5.82 Å². The summed E-state index contributed by atoms with van der Waals surface area (Å²) in [7, 11) is 0. The van der Waals surface area contributed by atoms with Crippen molar-refractivity contribution >= 4 is 27.9 Å². The van der Waals surface area contributed by atoms with Crippen molar-refractivity contribution in [1.82, 2.24) is 24.4 Å². The molecular weight excluding hydrogens is 447 g/mol. The van der Waals surface area contributed by atoms with Crippen molar-refractivity contribution in [3.63, 3.8) is 0 Å². The summed E-state index contributed by atoms with van der Waals surface area (Å²) >= 11 is 1.62. The average molecular weight is 471 g/mol. The lowest BCUT2D eigenvalue weighted by Gasteiger charge is -2.19. The number of imidazole rings is 1. The highest BCUT2D eigenvalue weighted by Crippen LogP contribution is 2.47. The molecule has 1 amide bonds. The molecule has 3 aromatic heterocycles. The van der Waals surface area contributed by atoms with Gasteiger partial charge in [0.25, 0.3) is 0 Å². The number of aliphatic hydroxyl groups is 1. The van der Waals surface area contributed by atoms with Gasteiger partial charge in [0, 0.05) is 10.6 Å². The van der Waals surface area contributed by atoms with Gasteiger partial charge in [-0.2, -0.15) is 0 Å². The molecule has 4 aromatic rings. The minimum atomic E-state index is -1.02. The number of nitrogens with one attached hydrogen (secondary N) is 1. The number of fused-ring (bicyclic) bond motifs is 1. The lowest BCUT2D eigenvalue weighted by Crippen LogP contribution is -2.27. The fourth-order valence-electron chi connectivity index (χ4n) is 3.58. The summed E-state index contributed by atoms with van der Waals surface area (Å²) in [6, 6.07) is 4.19. The topological polar surface area (TPSA) is 107 Å². The first-order valence-corrected chi connectivity index (χ1v) is 11.4. The van der Waals surface area contributed by atoms with Gasteiger partial charge in [0.05, 0.1) is 18.1 Å². The molecule has 1 aliphatic carbocycles. The molecule has 33 heavy (non-hydrogen) atoms. The van der Waals surface area contributed by atoms with Crippen LogP contribution >= 0.6 is 11.3 Å². The second kappa shape index (κ2) is 7.92. The van der Waals surface area contributed by atoms with Crippen LogP contribution in [0.3, 0.4) is 0 Å². The van der Waals surface area contributed by atoms with Crippen LogP contribution in [-0.2, 0) is 4.74 Å². The minimum absolute atomic E-state index is 0.135. The number of aromatic nitrogens is 5. The van der Waals surface area contributed by atoms with Gasteiger partial charge >= 0.3 is 6.09 Å². The summed E-state index contributed by atoms with van der Waals surface area (Å²) in [5.74, 6) is -0.169. The van der Waals surface area contributed by atoms with Gasteiger partial charge in [0.15, 0.2) is 5.82 Å². The van der Waals surface area contributed by atoms with E-state index in [-0.39, 0.29) is 11.4 Å². The van der Waals surface area contributed by atoms with Crippen LogP contribution in [0.15, 0.2) is 36.9 Å². The molecule has 9 nitrogen and oxygen atoms in total. The summed E-state index contributed by atoms with van der Waals surface area (Å²) in [4.78, 5) is 18.2. The third-order valence-electron chi connectivity index (χ3n) is 5.17. The summed E-state index contributed by atoms with van der Waals surface area (Å²) in [5, 5.41) is 21.7. The zero-order valence-corrected chi connectivity index (χ0v) is 19.1. The summed E-state index contributed by atoms with van der Waals surface area (Å²) in [6.45, 7) is 5.23. The molecule has 3 heterocycles. The standard InChI is InChI=1S/C22H23FN6O3S/c1-22(2,3)32-21(31)25-13-6-7-16(14(23)8-13)29-10-15(26-27-29)19(30)18-20(12-4-5-12)33-17-9-24-11-28(17)18/h6-12,19,30H,4-5H2,1-3H3,(H,25,31). The maximum atomic E-state index is 14.8. The van der Waals surface area contributed by atoms with Gasteiger partial charge in [0.1, 0.15) is 34.2 Å². The molecule has 1 aromatic carbocycles. The fraction of sp³-hybridized carbons (Fsp3) is 0.364. The molecule has 172 valence electrons. The molecule has 0 aliphatic heterocycles. The predicted octanol–water partition coefficient (Wildman–Crippen LogP) is 4.42. The number of ether oxygens (including phenoxy) is 1. The first-order valence-electron chi connectivity index (χ1n) is 10.5. The number of benzene rings is 1. The number of rotatable bonds is 5. The Morgan fingerprint density at radius 1 is 1.36 bits per heavy atom. The van der Waals surface area contributed by atoms with Crippen molar-refractivity contribution in [2.75, 3.05) is 5.32 Å². The zero-order chi connectivity index (χ0) is 23.3. The van der Waals surface area contributed by atoms with E-state index in [1.807, 2.05) is 4.40 Å². The molecule has 1 unspecified atom stereocenters. The van der Waals surface area contributed by atoms with Crippen LogP contribution in [0.4, 0.5) is 14.9 Å². The normalized spacial score (nSPS) is 15.1. The monoisotopic (exact) mass is 470 g/mol. The van der Waals surface area contributed by atoms with Gasteiger partial charge in [-0.15, -0.1) is 16.4 Å². The molecule has 0 saturated heterocycles. The highest BCUT2D eigenvalue weighted by molar-refractivity contribution is 7.17. The summed E-state index contributed by atoms with van der Waals surface area (Å²) in [6.07, 6.45) is 5.45. The number of nitrogens with zero attached hydrogens (tertiary/aromatic N) is 5. The number of aliphatic hydroxyl groups excluding tert-OH is 1. The van der Waals surface area contributed by atoms with Crippen LogP contribution in [-0.4, -0.2) is 41.2 Å². The number of carbonyl (C=O) groups excluding carboxylic acids is 1. The second-order valence-corrected chi connectivity index (χ2v) is 10.1. The Morgan fingerprint density at radius 2 is 2.15 bits per heavy atom. The third-order valence-corrected chi connectivity index (χ3v) is 6.44. The molecule has 0 spiro atoms. The first kappa shape index (κ1) is 21.5. The van der Waals surface area contributed by atoms with Gasteiger partial charge in [-0.25, -0.2) is 18.9 Å². The van der Waals surface area contributed by atoms with Gasteiger partial charge in [0.2, 0.25) is 0 Å². The van der Waals surface area contributed by atoms with E-state index in [0.29, 0.717) is 11.6 Å². The quantitative estimate of drug-likeness (QED) is 0.447. The Balaban J connectivity index is 1.38. The van der Waals surface area contributed by atoms with Crippen molar-refractivity contribution < 1.29 is 19.0 Å². The minimum Gasteiger partial charge on any atom is -0.444 e. The maximum absolute atomic E-state index is 14.8. The Hall–Kier alpha value is -3.31. The SMILES string of the molecule is CC(C)(C)OC(=O)Nc1ccc(-n2cc(C(O)c3c(C4CC4)sc4cncn34)nn2)c(F)c1. The van der Waals surface area contributed by atoms with E-state index in [9.17, 15) is 14.3 Å². The molecule has 0 bridgehead atoms. The molecule has 5 rings (SSSR count). The molecule has 0 radical (unpaired) electrons. The average Bonchev–Trinajstić information content (AvgIpc) is 3.13. The lowest BCUT2D eigenvalue weighted by atomic mass is 10.1. The maximum Gasteiger partial charge on any atom is 0.412 e. The Kier molecular flexibility index (Phi) is 5.17. The second-order valence-electron chi connectivity index (χ2n) is 9.01. The van der Waals surface area contributed by atoms with Crippen molar-refractivity contribution in [2.45, 2.75) is 51.2 Å². The van der Waals surface area contributed by atoms with Crippen LogP contribution in [0.5, 0.6) is 0 Å². The van der Waals surface area contributed by atoms with Gasteiger partial charge in [-0.3, -0.25) is 9.72 Å². The predicted molar refractivity (Wildman–Crippen MR) is 120 cm³/mol. The molecule has 11 heteroatoms. The largest absolute Gasteiger partial charge is 0.444 e. The molecular formula is C22H23FN6O3S. The smallest absolute Gasteiger partial charge is 0.412 e. The number of halogens is 1. The number of amides is 1. The Labute approximate surface area is 192 Å². The molecule has 1 atom stereocenters. The van der Waals surface area contributed by atoms with E-state index >= 15 is 0 Å². The zero-order valence-electron chi connectivity index (χ0n) is 18.3. The number of thiazole rings is 1. The Bertz CT molecular complexity index is 1330. The van der Waals surface area contributed by atoms with Crippen LogP contribution < -0.4 is 5.32 Å². The van der Waals surface area contributed by atoms with E-state index in [0.717, 1.165) is 28.2 Å². The van der Waals surface area contributed by atoms with E-state index in [1.165, 1.54) is 23.0 Å². The molecule has 2 N–H and O–H groups in total. The van der Waals surface area contributed by atoms with Crippen molar-refractivity contribution in [1.29, 1.82) is 0 Å². The fourth-order valence-corrected chi connectivity index (χ4v) is 4.88. The highest BCUT2D eigenvalue weighted by Gasteiger charge is 2.33. The Morgan fingerprint density at radius 3 is 2.85 bits per heavy atom. The highest BCUT2D eigenvalue weighted by atomic mass is 32.1. The van der Waals surface area contributed by atoms with E-state index in [4.69, 9.17) is 4.74 Å². The summed E-state index contributed by atoms with van der Waals surface area (Å²) < 4.78 is 23.1. The molecule has 1 saturated carbocycles. The number of anilines is 1. The number of carbonyl (C=O) groups is 1. The summed E-state index contributed by atoms with van der Waals surface area (Å²) in [5.41, 5.74) is 0.766. The number of hydrogen-bond donors (Lipinski definition) is 2. The van der Waals surface area contributed by atoms with Crippen LogP contribution in [0.25, 0.3) is 10.5 Å². The molecule has 1 fully saturated rings. The van der Waals surface area contributed by atoms with Crippen LogP contribution in [0.2, 0.25) is 0 Å². The van der Waals surface area contributed by atoms with Crippen molar-refractivity contribution in [2.24, 2.45) is 0 Å². The van der Waals surface area contributed by atoms with Gasteiger partial charge in [-0.05, 0) is 57.7 Å². The van der Waals surface area contributed by atoms with E-state index < -0.39 is 23.6 Å². The van der Waals surface area contributed by atoms with Crippen LogP contribution in [0.1, 0.15) is 61.9 Å². The molecule has 1 aliphatic rings. The third kappa shape index (κ3) is 4.33. The first-order chi connectivity index (χ1) is 15.7. The van der Waals surface area contributed by atoms with E-state index in [2.05, 4.69) is 20.6 Å². The van der Waals surface area contributed by atoms with Gasteiger partial charge in [-0.1, -0.05) is 5.21 Å². The van der Waals surface area contributed by atoms with Crippen molar-refractivity contribution in [3.8, 4) is 5.69 Å². The van der Waals surface area contributed by atoms with Crippen molar-refractivity contribution in [3.05, 3.63) is 59.0 Å². The lowest BCUT2D eigenvalue weighted by molar-refractivity contribution is 0.0636. The van der Waals surface area contributed by atoms with E-state index in [1.54, 1.807) is 50.7 Å².